The quantitative estimate of drug-likeness (QED) is 0.759. The van der Waals surface area contributed by atoms with Crippen LogP contribution < -0.4 is 5.32 Å². The largest absolute Gasteiger partial charge is 0.325 e. The lowest BCUT2D eigenvalue weighted by Crippen LogP contribution is -2.27. The summed E-state index contributed by atoms with van der Waals surface area (Å²) in [6, 6.07) is 2.93. The topological polar surface area (TPSA) is 29.1 Å². The van der Waals surface area contributed by atoms with Gasteiger partial charge in [-0.2, -0.15) is 0 Å². The van der Waals surface area contributed by atoms with Crippen molar-refractivity contribution < 1.29 is 9.18 Å². The fraction of sp³-hybridized carbons (Fsp3) is 0.562. The standard InChI is InChI=1S/C16H25FNOP/c1-6-8-14(20(5)7-2)16(19)18-15-11(3)9-13(17)10-12(15)4/h9-10,14H,6-8H2,1-5H3,(H,18,19). The number of hydrogen-bond donors (Lipinski definition) is 1. The number of halogens is 1. The summed E-state index contributed by atoms with van der Waals surface area (Å²) in [6.07, 6.45) is 2.97. The Labute approximate surface area is 122 Å². The van der Waals surface area contributed by atoms with Gasteiger partial charge in [0.1, 0.15) is 5.82 Å². The molecule has 0 heterocycles. The molecule has 1 rings (SSSR count). The van der Waals surface area contributed by atoms with E-state index in [2.05, 4.69) is 25.8 Å². The molecule has 0 saturated heterocycles. The van der Waals surface area contributed by atoms with Crippen LogP contribution in [0.1, 0.15) is 37.8 Å². The highest BCUT2D eigenvalue weighted by atomic mass is 31.1. The molecule has 0 radical (unpaired) electrons. The second-order valence-electron chi connectivity index (χ2n) is 5.28. The first-order valence-corrected chi connectivity index (χ1v) is 9.22. The molecule has 1 aromatic rings. The number of benzene rings is 1. The average Bonchev–Trinajstić information content (AvgIpc) is 2.39. The van der Waals surface area contributed by atoms with Crippen LogP contribution in [0, 0.1) is 19.7 Å². The Hall–Kier alpha value is -0.950. The number of carbonyl (C=O) groups excluding carboxylic acids is 1. The summed E-state index contributed by atoms with van der Waals surface area (Å²) in [5, 5.41) is 3.02. The molecular weight excluding hydrogens is 272 g/mol. The van der Waals surface area contributed by atoms with E-state index >= 15 is 0 Å². The molecule has 0 bridgehead atoms. The zero-order valence-electron chi connectivity index (χ0n) is 13.1. The molecule has 1 N–H and O–H groups in total. The van der Waals surface area contributed by atoms with Crippen LogP contribution in [0.15, 0.2) is 12.1 Å². The van der Waals surface area contributed by atoms with Crippen molar-refractivity contribution in [3.05, 3.63) is 29.1 Å². The van der Waals surface area contributed by atoms with Crippen LogP contribution in [0.25, 0.3) is 0 Å². The maximum atomic E-state index is 13.3. The van der Waals surface area contributed by atoms with Crippen molar-refractivity contribution in [2.24, 2.45) is 0 Å². The number of carbonyl (C=O) groups is 1. The van der Waals surface area contributed by atoms with Gasteiger partial charge >= 0.3 is 0 Å². The molecule has 0 saturated carbocycles. The van der Waals surface area contributed by atoms with E-state index in [4.69, 9.17) is 0 Å². The molecule has 0 fully saturated rings. The molecule has 2 nitrogen and oxygen atoms in total. The van der Waals surface area contributed by atoms with Gasteiger partial charge in [-0.15, -0.1) is 0 Å². The number of hydrogen-bond acceptors (Lipinski definition) is 1. The summed E-state index contributed by atoms with van der Waals surface area (Å²) >= 11 is 0. The maximum absolute atomic E-state index is 13.3. The Morgan fingerprint density at radius 2 is 1.85 bits per heavy atom. The zero-order valence-corrected chi connectivity index (χ0v) is 14.0. The fourth-order valence-electron chi connectivity index (χ4n) is 2.36. The molecule has 2 atom stereocenters. The molecular formula is C16H25FNOP. The van der Waals surface area contributed by atoms with Gasteiger partial charge in [-0.25, -0.2) is 4.39 Å². The number of nitrogens with one attached hydrogen (secondary N) is 1. The Kier molecular flexibility index (Phi) is 6.61. The van der Waals surface area contributed by atoms with Crippen LogP contribution in [0.2, 0.25) is 0 Å². The summed E-state index contributed by atoms with van der Waals surface area (Å²) in [7, 11) is -0.295. The van der Waals surface area contributed by atoms with Crippen LogP contribution in [0.5, 0.6) is 0 Å². The third-order valence-corrected chi connectivity index (χ3v) is 6.20. The molecule has 112 valence electrons. The van der Waals surface area contributed by atoms with E-state index in [-0.39, 0.29) is 25.3 Å². The Morgan fingerprint density at radius 3 is 2.30 bits per heavy atom. The maximum Gasteiger partial charge on any atom is 0.231 e. The molecule has 1 aromatic carbocycles. The first-order valence-electron chi connectivity index (χ1n) is 7.18. The third kappa shape index (κ3) is 4.28. The average molecular weight is 297 g/mol. The van der Waals surface area contributed by atoms with Gasteiger partial charge in [0.15, 0.2) is 0 Å². The van der Waals surface area contributed by atoms with Crippen LogP contribution in [0.3, 0.4) is 0 Å². The van der Waals surface area contributed by atoms with Gasteiger partial charge in [0.05, 0.1) is 5.66 Å². The Morgan fingerprint density at radius 1 is 1.30 bits per heavy atom. The van der Waals surface area contributed by atoms with Gasteiger partial charge in [0, 0.05) is 5.69 Å². The highest BCUT2D eigenvalue weighted by Crippen LogP contribution is 2.39. The highest BCUT2D eigenvalue weighted by Gasteiger charge is 2.23. The second kappa shape index (κ2) is 7.73. The molecule has 20 heavy (non-hydrogen) atoms. The first kappa shape index (κ1) is 17.1. The molecule has 0 aliphatic heterocycles. The fourth-order valence-corrected chi connectivity index (χ4v) is 3.96. The van der Waals surface area contributed by atoms with Gasteiger partial charge in [-0.05, 0) is 56.4 Å². The smallest absolute Gasteiger partial charge is 0.231 e. The van der Waals surface area contributed by atoms with E-state index in [1.165, 1.54) is 12.1 Å². The minimum Gasteiger partial charge on any atom is -0.325 e. The van der Waals surface area contributed by atoms with Crippen molar-refractivity contribution in [1.29, 1.82) is 0 Å². The normalized spacial score (nSPS) is 13.9. The van der Waals surface area contributed by atoms with Crippen LogP contribution >= 0.6 is 7.92 Å². The first-order chi connectivity index (χ1) is 9.40. The van der Waals surface area contributed by atoms with E-state index in [1.807, 2.05) is 13.8 Å². The van der Waals surface area contributed by atoms with Crippen molar-refractivity contribution in [1.82, 2.24) is 0 Å². The molecule has 2 unspecified atom stereocenters. The molecule has 0 aromatic heterocycles. The van der Waals surface area contributed by atoms with E-state index in [9.17, 15) is 9.18 Å². The lowest BCUT2D eigenvalue weighted by Gasteiger charge is -2.23. The predicted octanol–water partition coefficient (Wildman–Crippen LogP) is 4.68. The van der Waals surface area contributed by atoms with Crippen molar-refractivity contribution in [2.45, 2.75) is 46.2 Å². The minimum absolute atomic E-state index is 0.0834. The van der Waals surface area contributed by atoms with Crippen molar-refractivity contribution in [3.8, 4) is 0 Å². The predicted molar refractivity (Wildman–Crippen MR) is 86.6 cm³/mol. The molecule has 4 heteroatoms. The summed E-state index contributed by atoms with van der Waals surface area (Å²) in [5.41, 5.74) is 2.41. The van der Waals surface area contributed by atoms with Gasteiger partial charge in [-0.3, -0.25) is 4.79 Å². The number of anilines is 1. The van der Waals surface area contributed by atoms with Gasteiger partial charge < -0.3 is 5.32 Å². The van der Waals surface area contributed by atoms with Crippen molar-refractivity contribution in [3.63, 3.8) is 0 Å². The molecule has 0 aliphatic rings. The third-order valence-electron chi connectivity index (χ3n) is 3.64. The lowest BCUT2D eigenvalue weighted by molar-refractivity contribution is -0.115. The van der Waals surface area contributed by atoms with Gasteiger partial charge in [-0.1, -0.05) is 28.2 Å². The van der Waals surface area contributed by atoms with E-state index in [0.29, 0.717) is 0 Å². The number of rotatable bonds is 6. The summed E-state index contributed by atoms with van der Waals surface area (Å²) in [4.78, 5) is 12.5. The minimum atomic E-state index is -0.295. The van der Waals surface area contributed by atoms with E-state index in [0.717, 1.165) is 35.8 Å². The lowest BCUT2D eigenvalue weighted by atomic mass is 10.1. The van der Waals surface area contributed by atoms with Crippen LogP contribution in [-0.4, -0.2) is 24.4 Å². The van der Waals surface area contributed by atoms with Crippen molar-refractivity contribution in [2.75, 3.05) is 18.1 Å². The zero-order chi connectivity index (χ0) is 15.3. The summed E-state index contributed by atoms with van der Waals surface area (Å²) < 4.78 is 13.3. The Bertz CT molecular complexity index is 453. The Balaban J connectivity index is 2.93. The summed E-state index contributed by atoms with van der Waals surface area (Å²) in [5.74, 6) is -0.172. The van der Waals surface area contributed by atoms with Gasteiger partial charge in [0.2, 0.25) is 5.91 Å². The number of amides is 1. The number of aryl methyl sites for hydroxylation is 2. The van der Waals surface area contributed by atoms with Crippen LogP contribution in [0.4, 0.5) is 10.1 Å². The van der Waals surface area contributed by atoms with Crippen molar-refractivity contribution >= 4 is 19.5 Å². The summed E-state index contributed by atoms with van der Waals surface area (Å²) in [6.45, 7) is 10.1. The van der Waals surface area contributed by atoms with E-state index < -0.39 is 0 Å². The molecule has 0 spiro atoms. The van der Waals surface area contributed by atoms with Gasteiger partial charge in [0.25, 0.3) is 0 Å². The monoisotopic (exact) mass is 297 g/mol. The SMILES string of the molecule is CCCC(C(=O)Nc1c(C)cc(F)cc1C)P(C)CC. The van der Waals surface area contributed by atoms with Crippen LogP contribution in [-0.2, 0) is 4.79 Å². The second-order valence-corrected chi connectivity index (χ2v) is 8.05. The molecule has 1 amide bonds. The highest BCUT2D eigenvalue weighted by molar-refractivity contribution is 7.58. The van der Waals surface area contributed by atoms with E-state index in [1.54, 1.807) is 0 Å². The molecule has 0 aliphatic carbocycles.